The molecule has 3 unspecified atom stereocenters. The number of H-pyrrole nitrogens is 1. The van der Waals surface area contributed by atoms with Crippen molar-refractivity contribution >= 4 is 94.7 Å². The number of fused-ring (bicyclic) bond motifs is 1. The number of aromatic hydroxyl groups is 2. The topological polar surface area (TPSA) is 746 Å². The van der Waals surface area contributed by atoms with Crippen molar-refractivity contribution in [3.8, 4) is 11.5 Å². The molecule has 0 aliphatic carbocycles. The van der Waals surface area contributed by atoms with Gasteiger partial charge in [0.2, 0.25) is 59.1 Å². The Kier molecular flexibility index (Phi) is 51.7. The number of aliphatic hydroxyl groups is 1. The van der Waals surface area contributed by atoms with Crippen molar-refractivity contribution in [2.24, 2.45) is 68.6 Å². The molecule has 1 fully saturated rings. The number of nitrogens with one attached hydrogen (secondary N) is 19. The van der Waals surface area contributed by atoms with Gasteiger partial charge in [0.25, 0.3) is 0 Å². The lowest BCUT2D eigenvalue weighted by molar-refractivity contribution is -0.132. The van der Waals surface area contributed by atoms with Crippen LogP contribution in [0.4, 0.5) is 11.4 Å². The molecule has 3 heterocycles. The Hall–Kier alpha value is -15.1. The number of amides is 10. The van der Waals surface area contributed by atoms with Gasteiger partial charge in [-0.25, -0.2) is 9.98 Å². The van der Waals surface area contributed by atoms with Gasteiger partial charge in [-0.05, 0) is 180 Å². The van der Waals surface area contributed by atoms with E-state index in [1.54, 1.807) is 68.8 Å². The molecular weight excluding hydrogens is 1910 g/mol. The number of phenols is 2. The molecule has 0 spiro atoms. The van der Waals surface area contributed by atoms with Crippen LogP contribution in [0.25, 0.3) is 0 Å². The largest absolute Gasteiger partial charge is 0.508 e. The Morgan fingerprint density at radius 1 is 0.550 bits per heavy atom. The highest BCUT2D eigenvalue weighted by atomic mass is 16.3. The molecule has 1 aromatic heterocycles. The fraction of sp³-hybridized carbons (Fsp3) is 0.524. The normalized spacial score (nSPS) is 15.3. The average molecular weight is 2070 g/mol. The average Bonchev–Trinajstić information content (AvgIpc) is 0.916. The first-order chi connectivity index (χ1) is 70.6. The van der Waals surface area contributed by atoms with Gasteiger partial charge in [0.1, 0.15) is 41.7 Å². The van der Waals surface area contributed by atoms with Gasteiger partial charge in [0, 0.05) is 131 Å². The summed E-state index contributed by atoms with van der Waals surface area (Å²) in [5.41, 5.74) is 52.3. The molecule has 15 atom stereocenters. The number of nitrogens with zero attached hydrogens (tertiary/aromatic N) is 6. The number of carbonyl (C=O) groups is 10. The van der Waals surface area contributed by atoms with Crippen molar-refractivity contribution in [3.05, 3.63) is 188 Å². The summed E-state index contributed by atoms with van der Waals surface area (Å²) in [6.07, 6.45) is 11.6. The minimum atomic E-state index is -1.48. The van der Waals surface area contributed by atoms with E-state index in [2.05, 4.69) is 151 Å². The quantitative estimate of drug-likeness (QED) is 0.0160. The third-order valence-electron chi connectivity index (χ3n) is 25.9. The second kappa shape index (κ2) is 62.8. The summed E-state index contributed by atoms with van der Waals surface area (Å²) in [7, 11) is 1.74. The first-order valence-electron chi connectivity index (χ1n) is 50.7. The minimum absolute atomic E-state index is 0.00221. The predicted octanol–water partition coefficient (Wildman–Crippen LogP) is 0.250. The van der Waals surface area contributed by atoms with Crippen LogP contribution in [0.15, 0.2) is 170 Å². The van der Waals surface area contributed by atoms with Gasteiger partial charge in [-0.3, -0.25) is 64.2 Å². The lowest BCUT2D eigenvalue weighted by Gasteiger charge is -2.41. The number of aromatic nitrogens is 2. The number of nitrogens with two attached hydrogens (primary N) is 8. The zero-order chi connectivity index (χ0) is 110. The number of piperazine rings is 1. The van der Waals surface area contributed by atoms with Gasteiger partial charge in [0.15, 0.2) is 17.9 Å². The molecule has 0 bridgehead atoms. The molecule has 149 heavy (non-hydrogen) atoms. The maximum atomic E-state index is 15.1. The fourth-order valence-electron chi connectivity index (χ4n) is 17.0. The number of imidazole rings is 1. The molecule has 3 aromatic carbocycles. The third-order valence-corrected chi connectivity index (χ3v) is 25.9. The van der Waals surface area contributed by atoms with E-state index in [9.17, 15) is 58.5 Å². The van der Waals surface area contributed by atoms with Gasteiger partial charge >= 0.3 is 0 Å². The van der Waals surface area contributed by atoms with Gasteiger partial charge in [0.05, 0.1) is 92.0 Å². The number of guanidine groups is 3. The molecular formula is C103H165N33O13. The summed E-state index contributed by atoms with van der Waals surface area (Å²) < 4.78 is 0. The number of aliphatic imine (C=N–C) groups is 1. The van der Waals surface area contributed by atoms with E-state index in [0.717, 1.165) is 41.9 Å². The van der Waals surface area contributed by atoms with Crippen LogP contribution in [-0.2, 0) is 73.8 Å². The van der Waals surface area contributed by atoms with E-state index in [0.29, 0.717) is 94.7 Å². The van der Waals surface area contributed by atoms with Crippen LogP contribution < -0.4 is 131 Å². The Morgan fingerprint density at radius 3 is 1.62 bits per heavy atom. The maximum absolute atomic E-state index is 15.1. The number of hydrogen-bond acceptors (Lipinski definition) is 29. The van der Waals surface area contributed by atoms with E-state index in [-0.39, 0.29) is 171 Å². The van der Waals surface area contributed by atoms with Gasteiger partial charge in [-0.15, -0.1) is 0 Å². The van der Waals surface area contributed by atoms with Crippen molar-refractivity contribution in [3.63, 3.8) is 0 Å². The summed E-state index contributed by atoms with van der Waals surface area (Å²) in [4.78, 5) is 160. The molecule has 46 nitrogen and oxygen atoms in total. The second-order valence-corrected chi connectivity index (χ2v) is 38.8. The minimum Gasteiger partial charge on any atom is -0.508 e. The number of unbranched alkanes of at least 4 members (excludes halogenated alkanes) is 1. The Bertz CT molecular complexity index is 5200. The number of anilines is 1. The van der Waals surface area contributed by atoms with E-state index in [1.165, 1.54) is 37.5 Å². The zero-order valence-corrected chi connectivity index (χ0v) is 87.5. The summed E-state index contributed by atoms with van der Waals surface area (Å²) in [6, 6.07) is 6.34. The lowest BCUT2D eigenvalue weighted by atomic mass is 9.98. The van der Waals surface area contributed by atoms with E-state index >= 15 is 4.79 Å². The molecule has 46 heteroatoms. The standard InChI is InChI=1S/C103H165N33O13/c1-15-62(6)92(107)99(148)129-80(24-16-17-39-104)68(12)135-44-46-136(47-45-135)75-31-36-81-72(51-75)56-134(59-122-81)57-91(143)133(14)74(23-19-41-117-101(109)110)22-18-40-116-86(52-73-54-115-58-121-73)97(146)130-83(49-70-27-32-76(138)33-28-70)66(10)125-87(48-60(2)3)98(147)131-84(53-89(106)141)63(7)120-55-90(142)132-93(61(4)5)67(11)126-94(69(13)137)100(149)128-79(26-21-43-119-103(113)114)64(8)123-82(37-38-88(105)140)96(145)127-78(25-20-42-118-102(111)112)65(9)124-85(95(108)144)50-71-29-34-77(139)35-30-71/h18,27-36,40,51,54,58-62,69,74,78-80,82-87,92-94,116,120,123-126,137-139H,7-12,15-17,19-26,37-39,41-50,52-53,55-57,104,107H2,1-6,13-14H3,(H2,105,140)(H2,106,141)(H2,108,144)(H,115,121)(H,127,145)(H,128,149)(H,129,148)(H,130,146)(H,131,147)(H,132,142)(H4,109,110,117)(H4,111,112,118)(H4,113,114,119)/b40-18+/t62?,69?,74-,78+,79+,80+,82+,83+,84?,85+,86+,87+,92+,93+,94+/m1/s1. The van der Waals surface area contributed by atoms with E-state index in [4.69, 9.17) is 67.1 Å². The molecule has 0 radical (unpaired) electrons. The van der Waals surface area contributed by atoms with Crippen LogP contribution in [-0.4, -0.2) is 280 Å². The number of aliphatic hydroxyl groups excluding tert-OH is 1. The molecule has 6 rings (SSSR count). The van der Waals surface area contributed by atoms with Crippen LogP contribution in [0.3, 0.4) is 0 Å². The molecule has 38 N–H and O–H groups in total. The smallest absolute Gasteiger partial charge is 0.245 e. The van der Waals surface area contributed by atoms with Crippen LogP contribution in [0.5, 0.6) is 11.5 Å². The summed E-state index contributed by atoms with van der Waals surface area (Å²) >= 11 is 0. The van der Waals surface area contributed by atoms with Crippen LogP contribution in [0.1, 0.15) is 167 Å². The highest BCUT2D eigenvalue weighted by molar-refractivity contribution is 5.88. The number of hydrogen-bond donors (Lipinski definition) is 30. The number of likely N-dealkylation sites (N-methyl/N-ethyl adjacent to an activating group) is 1. The van der Waals surface area contributed by atoms with E-state index in [1.807, 2.05) is 44.7 Å². The second-order valence-electron chi connectivity index (χ2n) is 38.8. The lowest BCUT2D eigenvalue weighted by Crippen LogP contribution is -2.57. The molecule has 10 amide bonds. The monoisotopic (exact) mass is 2070 g/mol. The summed E-state index contributed by atoms with van der Waals surface area (Å²) in [5, 5.41) is 99.6. The van der Waals surface area contributed by atoms with Crippen molar-refractivity contribution in [2.45, 2.75) is 255 Å². The Morgan fingerprint density at radius 2 is 1.08 bits per heavy atom. The number of benzene rings is 3. The summed E-state index contributed by atoms with van der Waals surface area (Å²) in [6.45, 7) is 42.1. The Balaban J connectivity index is 1.13. The fourth-order valence-corrected chi connectivity index (χ4v) is 17.0. The van der Waals surface area contributed by atoms with Crippen molar-refractivity contribution in [2.75, 3.05) is 77.4 Å². The first-order valence-corrected chi connectivity index (χ1v) is 50.7. The molecule has 2 aliphatic rings. The SMILES string of the molecule is C=C(NCC(=O)N[C@H](C(=C)N[C@H](C(=O)N[C@@H](CCCNC(=N)N)C(=C)N[C@@H](CCC(N)=O)C(=O)N[C@@H](CCCNC(=N)N)C(=C)N[C@@H](Cc1ccc(O)cc1)C(N)=O)C(C)O)C(C)C)C(CC(N)=O)NC(=O)[C@H](CC(C)C)NC(=C)[C@H](Cc1ccc(O)cc1)NC(=O)[C@H](Cc1c[nH]cn1)N/C=C/C[C@H](CCCNC(=N)N)N(C)C(=O)CN1C=Nc2ccc(N3CCN(C(=C)[C@H](CCCCN)NC(=O)[C@@H](N)C(C)CC)CC3)cc2C1. The van der Waals surface area contributed by atoms with Crippen LogP contribution in [0, 0.1) is 34.0 Å². The highest BCUT2D eigenvalue weighted by Gasteiger charge is 2.37. The maximum Gasteiger partial charge on any atom is 0.245 e. The Labute approximate surface area is 874 Å². The number of rotatable bonds is 71. The van der Waals surface area contributed by atoms with Crippen LogP contribution >= 0.6 is 0 Å². The molecule has 4 aromatic rings. The molecule has 0 saturated carbocycles. The molecule has 820 valence electrons. The van der Waals surface area contributed by atoms with Crippen LogP contribution in [0.2, 0.25) is 0 Å². The highest BCUT2D eigenvalue weighted by Crippen LogP contribution is 2.32. The summed E-state index contributed by atoms with van der Waals surface area (Å²) in [5.74, 6) is -7.43. The zero-order valence-electron chi connectivity index (χ0n) is 87.5. The van der Waals surface area contributed by atoms with Gasteiger partial charge < -0.3 is 166 Å². The number of phenolic OH excluding ortho intramolecular Hbond substituents is 2. The van der Waals surface area contributed by atoms with Gasteiger partial charge in [-0.2, -0.15) is 0 Å². The molecule has 1 saturated heterocycles. The molecule has 2 aliphatic heterocycles. The predicted molar refractivity (Wildman–Crippen MR) is 579 cm³/mol. The number of aromatic amines is 1. The number of primary amides is 3. The van der Waals surface area contributed by atoms with Gasteiger partial charge in [-0.1, -0.05) is 118 Å². The third kappa shape index (κ3) is 43.5. The van der Waals surface area contributed by atoms with Crippen molar-refractivity contribution in [1.29, 1.82) is 16.2 Å². The number of carbonyl (C=O) groups excluding carboxylic acids is 10. The van der Waals surface area contributed by atoms with E-state index < -0.39 is 139 Å². The van der Waals surface area contributed by atoms with Crippen molar-refractivity contribution < 1.29 is 63.3 Å². The van der Waals surface area contributed by atoms with Crippen molar-refractivity contribution in [1.82, 2.24) is 104 Å². The first kappa shape index (κ1) is 123.